The van der Waals surface area contributed by atoms with Gasteiger partial charge in [-0.25, -0.2) is 0 Å². The molecule has 2 aliphatic heterocycles. The number of piperazine rings is 1. The number of carbonyl (C=O) groups is 2. The van der Waals surface area contributed by atoms with Crippen molar-refractivity contribution in [3.63, 3.8) is 0 Å². The molecule has 0 unspecified atom stereocenters. The minimum atomic E-state index is -0.239. The molecular formula is C25H25N3O3. The molecule has 3 fully saturated rings. The van der Waals surface area contributed by atoms with Gasteiger partial charge in [-0.15, -0.1) is 0 Å². The second kappa shape index (κ2) is 8.16. The molecule has 31 heavy (non-hydrogen) atoms. The number of rotatable bonds is 4. The van der Waals surface area contributed by atoms with E-state index < -0.39 is 0 Å². The lowest BCUT2D eigenvalue weighted by Gasteiger charge is -2.58. The summed E-state index contributed by atoms with van der Waals surface area (Å²) in [5.74, 6) is 6.88. The largest absolute Gasteiger partial charge is 0.394 e. The third kappa shape index (κ3) is 3.94. The number of pyridine rings is 1. The van der Waals surface area contributed by atoms with E-state index in [1.54, 1.807) is 28.3 Å². The van der Waals surface area contributed by atoms with Gasteiger partial charge in [0.1, 0.15) is 0 Å². The molecule has 0 radical (unpaired) electrons. The topological polar surface area (TPSA) is 73.7 Å². The molecule has 1 N–H and O–H groups in total. The highest BCUT2D eigenvalue weighted by Crippen LogP contribution is 2.43. The summed E-state index contributed by atoms with van der Waals surface area (Å²) in [6.45, 7) is 0.462. The van der Waals surface area contributed by atoms with Crippen LogP contribution in [0.4, 0.5) is 0 Å². The van der Waals surface area contributed by atoms with Gasteiger partial charge >= 0.3 is 0 Å². The van der Waals surface area contributed by atoms with Crippen LogP contribution in [-0.2, 0) is 16.0 Å². The first-order valence-corrected chi connectivity index (χ1v) is 10.8. The molecule has 0 spiro atoms. The van der Waals surface area contributed by atoms with Gasteiger partial charge in [0.2, 0.25) is 11.8 Å². The van der Waals surface area contributed by atoms with E-state index in [2.05, 4.69) is 16.8 Å². The molecule has 3 heterocycles. The molecule has 6 nitrogen and oxygen atoms in total. The van der Waals surface area contributed by atoms with E-state index >= 15 is 0 Å². The number of aromatic nitrogens is 1. The molecule has 5 rings (SSSR count). The number of hydrogen-bond acceptors (Lipinski definition) is 4. The van der Waals surface area contributed by atoms with E-state index in [4.69, 9.17) is 0 Å². The lowest BCUT2D eigenvalue weighted by molar-refractivity contribution is -0.166. The van der Waals surface area contributed by atoms with Crippen LogP contribution in [0.5, 0.6) is 0 Å². The van der Waals surface area contributed by atoms with Crippen LogP contribution >= 0.6 is 0 Å². The molecule has 2 amide bonds. The van der Waals surface area contributed by atoms with Gasteiger partial charge in [-0.05, 0) is 42.2 Å². The summed E-state index contributed by atoms with van der Waals surface area (Å²) in [4.78, 5) is 33.1. The van der Waals surface area contributed by atoms with Crippen molar-refractivity contribution in [3.8, 4) is 11.8 Å². The Hall–Kier alpha value is -3.17. The molecule has 3 atom stereocenters. The van der Waals surface area contributed by atoms with E-state index in [1.807, 2.05) is 30.3 Å². The van der Waals surface area contributed by atoms with Gasteiger partial charge in [0.25, 0.3) is 0 Å². The van der Waals surface area contributed by atoms with Crippen LogP contribution in [0.15, 0.2) is 48.8 Å². The summed E-state index contributed by atoms with van der Waals surface area (Å²) < 4.78 is 0. The molecule has 0 bridgehead atoms. The lowest BCUT2D eigenvalue weighted by atomic mass is 9.73. The smallest absolute Gasteiger partial charge is 0.242 e. The van der Waals surface area contributed by atoms with Crippen molar-refractivity contribution in [1.29, 1.82) is 0 Å². The summed E-state index contributed by atoms with van der Waals surface area (Å²) in [6.07, 6.45) is 5.99. The van der Waals surface area contributed by atoms with Gasteiger partial charge in [-0.1, -0.05) is 30.0 Å². The van der Waals surface area contributed by atoms with E-state index in [1.165, 1.54) is 12.8 Å². The predicted molar refractivity (Wildman–Crippen MR) is 115 cm³/mol. The lowest BCUT2D eigenvalue weighted by Crippen LogP contribution is -2.73. The van der Waals surface area contributed by atoms with Crippen molar-refractivity contribution in [2.45, 2.75) is 37.3 Å². The minimum Gasteiger partial charge on any atom is -0.394 e. The molecule has 1 saturated carbocycles. The Balaban J connectivity index is 1.31. The fourth-order valence-electron chi connectivity index (χ4n) is 4.68. The van der Waals surface area contributed by atoms with E-state index in [0.717, 1.165) is 16.7 Å². The number of carbonyl (C=O) groups excluding carboxylic acids is 2. The van der Waals surface area contributed by atoms with Gasteiger partial charge < -0.3 is 14.9 Å². The first-order chi connectivity index (χ1) is 15.1. The van der Waals surface area contributed by atoms with Crippen molar-refractivity contribution in [3.05, 3.63) is 65.5 Å². The maximum atomic E-state index is 12.8. The molecule has 1 aromatic heterocycles. The highest BCUT2D eigenvalue weighted by atomic mass is 16.3. The Bertz CT molecular complexity index is 1040. The highest BCUT2D eigenvalue weighted by Gasteiger charge is 2.54. The second-order valence-electron chi connectivity index (χ2n) is 8.62. The third-order valence-corrected chi connectivity index (χ3v) is 6.48. The van der Waals surface area contributed by atoms with Gasteiger partial charge in [0.15, 0.2) is 0 Å². The fourth-order valence-corrected chi connectivity index (χ4v) is 4.68. The SMILES string of the molecule is O=C(Cc1cccnc1)N1CC(=O)N2[C@H](C1)[C@H](c1ccc(C#CC3CC3)cc1)[C@@H]2CO. The Morgan fingerprint density at radius 2 is 2.00 bits per heavy atom. The number of nitrogens with zero attached hydrogens (tertiary/aromatic N) is 3. The Morgan fingerprint density at radius 1 is 1.19 bits per heavy atom. The Kier molecular flexibility index (Phi) is 5.21. The van der Waals surface area contributed by atoms with Gasteiger partial charge in [-0.2, -0.15) is 0 Å². The van der Waals surface area contributed by atoms with Crippen molar-refractivity contribution in [2.24, 2.45) is 5.92 Å². The Labute approximate surface area is 181 Å². The quantitative estimate of drug-likeness (QED) is 0.770. The summed E-state index contributed by atoms with van der Waals surface area (Å²) in [7, 11) is 0. The summed E-state index contributed by atoms with van der Waals surface area (Å²) in [6, 6.07) is 11.4. The van der Waals surface area contributed by atoms with Crippen LogP contribution in [-0.4, -0.2) is 63.5 Å². The zero-order valence-electron chi connectivity index (χ0n) is 17.3. The summed E-state index contributed by atoms with van der Waals surface area (Å²) in [5, 5.41) is 9.95. The minimum absolute atomic E-state index is 0.00776. The molecule has 1 aliphatic carbocycles. The maximum Gasteiger partial charge on any atom is 0.242 e. The predicted octanol–water partition coefficient (Wildman–Crippen LogP) is 1.58. The Morgan fingerprint density at radius 3 is 2.68 bits per heavy atom. The average Bonchev–Trinajstić information content (AvgIpc) is 3.60. The van der Waals surface area contributed by atoms with Crippen molar-refractivity contribution in [2.75, 3.05) is 19.7 Å². The molecule has 158 valence electrons. The van der Waals surface area contributed by atoms with Crippen molar-refractivity contribution in [1.82, 2.24) is 14.8 Å². The zero-order chi connectivity index (χ0) is 21.4. The second-order valence-corrected chi connectivity index (χ2v) is 8.62. The molecule has 2 aromatic rings. The van der Waals surface area contributed by atoms with Crippen LogP contribution in [0, 0.1) is 17.8 Å². The van der Waals surface area contributed by atoms with Crippen LogP contribution in [0.1, 0.15) is 35.4 Å². The number of aliphatic hydroxyl groups is 1. The first kappa shape index (κ1) is 19.8. The van der Waals surface area contributed by atoms with Gasteiger partial charge in [0.05, 0.1) is 31.7 Å². The molecular weight excluding hydrogens is 390 g/mol. The van der Waals surface area contributed by atoms with Crippen LogP contribution in [0.2, 0.25) is 0 Å². The van der Waals surface area contributed by atoms with Crippen LogP contribution in [0.25, 0.3) is 0 Å². The number of aliphatic hydroxyl groups excluding tert-OH is 1. The van der Waals surface area contributed by atoms with Crippen molar-refractivity contribution >= 4 is 11.8 Å². The van der Waals surface area contributed by atoms with Crippen molar-refractivity contribution < 1.29 is 14.7 Å². The van der Waals surface area contributed by atoms with Crippen LogP contribution in [0.3, 0.4) is 0 Å². The van der Waals surface area contributed by atoms with E-state index in [-0.39, 0.29) is 49.4 Å². The van der Waals surface area contributed by atoms with Gasteiger partial charge in [0, 0.05) is 36.3 Å². The fraction of sp³-hybridized carbons (Fsp3) is 0.400. The molecule has 6 heteroatoms. The van der Waals surface area contributed by atoms with E-state index in [9.17, 15) is 14.7 Å². The molecule has 2 saturated heterocycles. The van der Waals surface area contributed by atoms with E-state index in [0.29, 0.717) is 12.5 Å². The number of fused-ring (bicyclic) bond motifs is 1. The van der Waals surface area contributed by atoms with Crippen LogP contribution < -0.4 is 0 Å². The maximum absolute atomic E-state index is 12.8. The summed E-state index contributed by atoms with van der Waals surface area (Å²) >= 11 is 0. The number of amides is 2. The standard InChI is InChI=1S/C25H25N3O3/c29-16-22-25(20-9-7-18(8-10-20)6-5-17-3-4-17)21-14-27(15-24(31)28(21)22)23(30)12-19-2-1-11-26-13-19/h1-2,7-11,13,17,21-22,25,29H,3-4,12,14-16H2/t21-,22+,25+/m1/s1. The third-order valence-electron chi connectivity index (χ3n) is 6.48. The molecule has 1 aromatic carbocycles. The molecule has 3 aliphatic rings. The normalized spacial score (nSPS) is 24.7. The average molecular weight is 415 g/mol. The van der Waals surface area contributed by atoms with Gasteiger partial charge in [-0.3, -0.25) is 14.6 Å². The number of benzene rings is 1. The zero-order valence-corrected chi connectivity index (χ0v) is 17.3. The summed E-state index contributed by atoms with van der Waals surface area (Å²) in [5.41, 5.74) is 2.90. The first-order valence-electron chi connectivity index (χ1n) is 10.8. The monoisotopic (exact) mass is 415 g/mol. The highest BCUT2D eigenvalue weighted by molar-refractivity contribution is 5.88. The number of hydrogen-bond donors (Lipinski definition) is 1.